The highest BCUT2D eigenvalue weighted by Crippen LogP contribution is 2.02. The number of carboxylic acids is 1. The van der Waals surface area contributed by atoms with Gasteiger partial charge in [0.2, 0.25) is 0 Å². The van der Waals surface area contributed by atoms with Crippen LogP contribution in [0, 0.1) is 10.1 Å². The van der Waals surface area contributed by atoms with E-state index in [1.165, 1.54) is 13.1 Å². The van der Waals surface area contributed by atoms with E-state index in [0.717, 1.165) is 10.8 Å². The molecule has 9 heteroatoms. The van der Waals surface area contributed by atoms with Crippen molar-refractivity contribution in [2.75, 3.05) is 0 Å². The summed E-state index contributed by atoms with van der Waals surface area (Å²) in [5.41, 5.74) is -2.53. The molecule has 1 rings (SSSR count). The predicted octanol–water partition coefficient (Wildman–Crippen LogP) is -0.124. The monoisotopic (exact) mass is 283 g/mol. The summed E-state index contributed by atoms with van der Waals surface area (Å²) in [6, 6.07) is 0. The molecule has 0 aliphatic rings. The molecule has 20 heavy (non-hydrogen) atoms. The Balaban J connectivity index is 3.39. The first-order chi connectivity index (χ1) is 9.29. The highest BCUT2D eigenvalue weighted by atomic mass is 16.6. The topological polar surface area (TPSA) is 124 Å². The third-order valence-electron chi connectivity index (χ3n) is 2.69. The average Bonchev–Trinajstić information content (AvgIpc) is 2.37. The minimum atomic E-state index is -1.16. The zero-order valence-electron chi connectivity index (χ0n) is 10.9. The Morgan fingerprint density at radius 3 is 2.55 bits per heavy atom. The van der Waals surface area contributed by atoms with Gasteiger partial charge in [0.15, 0.2) is 0 Å². The number of aryl methyl sites for hydroxylation is 1. The lowest BCUT2D eigenvalue weighted by molar-refractivity contribution is -0.387. The van der Waals surface area contributed by atoms with Gasteiger partial charge in [0.1, 0.15) is 0 Å². The van der Waals surface area contributed by atoms with Crippen LogP contribution in [-0.2, 0) is 18.4 Å². The fourth-order valence-corrected chi connectivity index (χ4v) is 1.58. The van der Waals surface area contributed by atoms with Crippen molar-refractivity contribution in [2.45, 2.75) is 19.9 Å². The molecule has 0 atom stereocenters. The number of nitrogens with zero attached hydrogens (tertiary/aromatic N) is 3. The van der Waals surface area contributed by atoms with E-state index in [1.807, 2.05) is 0 Å². The fourth-order valence-electron chi connectivity index (χ4n) is 1.58. The molecule has 108 valence electrons. The molecule has 0 radical (unpaired) electrons. The third-order valence-corrected chi connectivity index (χ3v) is 2.69. The summed E-state index contributed by atoms with van der Waals surface area (Å²) in [6.45, 7) is 1.27. The Hall–Kier alpha value is -2.71. The standard InChI is InChI=1S/C11H13N3O6/c1-3-7(10(16)17)4-5-13-9(15)8(14(19)20)6-12(2)11(13)18/h4,6H,3,5H2,1-2H3,(H,16,17). The van der Waals surface area contributed by atoms with Gasteiger partial charge >= 0.3 is 22.9 Å². The predicted molar refractivity (Wildman–Crippen MR) is 68.6 cm³/mol. The number of allylic oxidation sites excluding steroid dienone is 1. The first-order valence-electron chi connectivity index (χ1n) is 5.66. The van der Waals surface area contributed by atoms with Crippen molar-refractivity contribution in [1.29, 1.82) is 0 Å². The maximum absolute atomic E-state index is 11.8. The van der Waals surface area contributed by atoms with Gasteiger partial charge in [-0.1, -0.05) is 13.0 Å². The molecule has 1 aromatic heterocycles. The molecule has 1 aromatic rings. The van der Waals surface area contributed by atoms with Crippen LogP contribution in [0.3, 0.4) is 0 Å². The van der Waals surface area contributed by atoms with E-state index in [1.54, 1.807) is 6.92 Å². The number of hydrogen-bond acceptors (Lipinski definition) is 5. The molecule has 9 nitrogen and oxygen atoms in total. The van der Waals surface area contributed by atoms with E-state index in [9.17, 15) is 24.5 Å². The smallest absolute Gasteiger partial charge is 0.350 e. The maximum atomic E-state index is 11.8. The Labute approximate surface area is 112 Å². The van der Waals surface area contributed by atoms with Crippen LogP contribution in [0.25, 0.3) is 0 Å². The van der Waals surface area contributed by atoms with Crippen molar-refractivity contribution in [3.63, 3.8) is 0 Å². The van der Waals surface area contributed by atoms with Gasteiger partial charge < -0.3 is 5.11 Å². The number of carboxylic acid groups (broad SMARTS) is 1. The minimum Gasteiger partial charge on any atom is -0.478 e. The lowest BCUT2D eigenvalue weighted by Gasteiger charge is -2.05. The molecule has 1 N–H and O–H groups in total. The first kappa shape index (κ1) is 15.3. The summed E-state index contributed by atoms with van der Waals surface area (Å²) in [6.07, 6.45) is 2.23. The van der Waals surface area contributed by atoms with Crippen LogP contribution >= 0.6 is 0 Å². The van der Waals surface area contributed by atoms with Crippen molar-refractivity contribution >= 4 is 11.7 Å². The van der Waals surface area contributed by atoms with E-state index in [2.05, 4.69) is 0 Å². The van der Waals surface area contributed by atoms with Crippen LogP contribution in [0.15, 0.2) is 27.4 Å². The van der Waals surface area contributed by atoms with Gasteiger partial charge in [0.25, 0.3) is 0 Å². The molecule has 0 saturated heterocycles. The van der Waals surface area contributed by atoms with E-state index in [-0.39, 0.29) is 18.5 Å². The summed E-state index contributed by atoms with van der Waals surface area (Å²) in [5, 5.41) is 19.5. The number of aromatic nitrogens is 2. The van der Waals surface area contributed by atoms with E-state index in [0.29, 0.717) is 4.57 Å². The van der Waals surface area contributed by atoms with Crippen molar-refractivity contribution in [3.8, 4) is 0 Å². The van der Waals surface area contributed by atoms with Gasteiger partial charge in [-0.05, 0) is 6.42 Å². The number of hydrogen-bond donors (Lipinski definition) is 1. The molecular weight excluding hydrogens is 270 g/mol. The minimum absolute atomic E-state index is 0.0189. The lowest BCUT2D eigenvalue weighted by atomic mass is 10.2. The van der Waals surface area contributed by atoms with Crippen molar-refractivity contribution in [2.24, 2.45) is 7.05 Å². The Morgan fingerprint density at radius 1 is 1.50 bits per heavy atom. The second kappa shape index (κ2) is 5.95. The molecule has 0 spiro atoms. The molecule has 0 unspecified atom stereocenters. The van der Waals surface area contributed by atoms with Crippen molar-refractivity contribution < 1.29 is 14.8 Å². The summed E-state index contributed by atoms with van der Waals surface area (Å²) < 4.78 is 1.52. The van der Waals surface area contributed by atoms with Gasteiger partial charge in [-0.15, -0.1) is 0 Å². The van der Waals surface area contributed by atoms with Gasteiger partial charge in [0, 0.05) is 19.2 Å². The lowest BCUT2D eigenvalue weighted by Crippen LogP contribution is -2.39. The van der Waals surface area contributed by atoms with Crippen LogP contribution < -0.4 is 11.2 Å². The molecule has 0 aromatic carbocycles. The molecule has 0 amide bonds. The number of carbonyl (C=O) groups is 1. The highest BCUT2D eigenvalue weighted by Gasteiger charge is 2.18. The zero-order valence-corrected chi connectivity index (χ0v) is 10.9. The van der Waals surface area contributed by atoms with Gasteiger partial charge in [-0.25, -0.2) is 9.59 Å². The first-order valence-corrected chi connectivity index (χ1v) is 5.66. The Kier molecular flexibility index (Phi) is 4.57. The molecule has 1 heterocycles. The third kappa shape index (κ3) is 2.99. The second-order valence-electron chi connectivity index (χ2n) is 3.97. The number of nitro groups is 1. The second-order valence-corrected chi connectivity index (χ2v) is 3.97. The molecule has 0 saturated carbocycles. The van der Waals surface area contributed by atoms with Crippen LogP contribution in [-0.4, -0.2) is 25.1 Å². The number of aliphatic carboxylic acids is 1. The molecular formula is C11H13N3O6. The fraction of sp³-hybridized carbons (Fsp3) is 0.364. The van der Waals surface area contributed by atoms with Crippen LogP contribution in [0.4, 0.5) is 5.69 Å². The van der Waals surface area contributed by atoms with E-state index in [4.69, 9.17) is 5.11 Å². The molecule has 0 aliphatic carbocycles. The summed E-state index contributed by atoms with van der Waals surface area (Å²) in [7, 11) is 1.27. The summed E-state index contributed by atoms with van der Waals surface area (Å²) in [5.74, 6) is -1.16. The van der Waals surface area contributed by atoms with Crippen molar-refractivity contribution in [3.05, 3.63) is 48.8 Å². The van der Waals surface area contributed by atoms with Crippen LogP contribution in [0.2, 0.25) is 0 Å². The van der Waals surface area contributed by atoms with E-state index >= 15 is 0 Å². The molecule has 0 aliphatic heterocycles. The van der Waals surface area contributed by atoms with Gasteiger partial charge in [0.05, 0.1) is 11.1 Å². The van der Waals surface area contributed by atoms with Crippen LogP contribution in [0.5, 0.6) is 0 Å². The Bertz CT molecular complexity index is 697. The van der Waals surface area contributed by atoms with Crippen LogP contribution in [0.1, 0.15) is 13.3 Å². The highest BCUT2D eigenvalue weighted by molar-refractivity contribution is 5.86. The summed E-state index contributed by atoms with van der Waals surface area (Å²) in [4.78, 5) is 44.2. The SMILES string of the molecule is CCC(=CCn1c(=O)c([N+](=O)[O-])cn(C)c1=O)C(=O)O. The maximum Gasteiger partial charge on any atom is 0.350 e. The molecule has 0 bridgehead atoms. The van der Waals surface area contributed by atoms with Gasteiger partial charge in [-0.3, -0.25) is 24.0 Å². The normalized spacial score (nSPS) is 11.4. The number of rotatable bonds is 5. The van der Waals surface area contributed by atoms with E-state index < -0.39 is 27.8 Å². The quantitative estimate of drug-likeness (QED) is 0.456. The molecule has 0 fully saturated rings. The summed E-state index contributed by atoms with van der Waals surface area (Å²) >= 11 is 0. The zero-order chi connectivity index (χ0) is 15.4. The van der Waals surface area contributed by atoms with Crippen molar-refractivity contribution in [1.82, 2.24) is 9.13 Å². The Morgan fingerprint density at radius 2 is 2.10 bits per heavy atom. The average molecular weight is 283 g/mol. The van der Waals surface area contributed by atoms with Gasteiger partial charge in [-0.2, -0.15) is 0 Å². The largest absolute Gasteiger partial charge is 0.478 e.